The molecule has 0 saturated heterocycles. The van der Waals surface area contributed by atoms with Crippen LogP contribution in [-0.4, -0.2) is 24.7 Å². The first-order valence-electron chi connectivity index (χ1n) is 5.28. The molecule has 0 heterocycles. The summed E-state index contributed by atoms with van der Waals surface area (Å²) in [6, 6.07) is 7.16. The minimum absolute atomic E-state index is 0.0199. The van der Waals surface area contributed by atoms with Gasteiger partial charge in [0.25, 0.3) is 0 Å². The summed E-state index contributed by atoms with van der Waals surface area (Å²) in [5.74, 6) is 0.0590. The number of rotatable bonds is 6. The number of carbonyl (C=O) groups is 2. The first kappa shape index (κ1) is 13.0. The van der Waals surface area contributed by atoms with Crippen LogP contribution in [0.1, 0.15) is 13.8 Å². The molecule has 17 heavy (non-hydrogen) atoms. The van der Waals surface area contributed by atoms with Gasteiger partial charge in [-0.15, -0.1) is 0 Å². The van der Waals surface area contributed by atoms with Gasteiger partial charge in [0.15, 0.2) is 5.78 Å². The summed E-state index contributed by atoms with van der Waals surface area (Å²) < 4.78 is 0. The number of azo groups is 1. The van der Waals surface area contributed by atoms with Crippen LogP contribution in [0.3, 0.4) is 0 Å². The molecule has 90 valence electrons. The number of hydrogen-bond donors (Lipinski definition) is 1. The van der Waals surface area contributed by atoms with Gasteiger partial charge in [0.05, 0.1) is 12.2 Å². The highest BCUT2D eigenvalue weighted by Crippen LogP contribution is 2.16. The molecule has 0 radical (unpaired) electrons. The first-order chi connectivity index (χ1) is 8.08. The molecule has 1 aromatic rings. The third-order valence-corrected chi connectivity index (χ3v) is 1.89. The number of nitrogens with one attached hydrogen (secondary N) is 1. The maximum atomic E-state index is 10.8. The summed E-state index contributed by atoms with van der Waals surface area (Å²) in [6.07, 6.45) is 0. The molecule has 0 atom stereocenters. The van der Waals surface area contributed by atoms with E-state index in [1.54, 1.807) is 12.1 Å². The van der Waals surface area contributed by atoms with Crippen molar-refractivity contribution in [3.63, 3.8) is 0 Å². The van der Waals surface area contributed by atoms with Gasteiger partial charge in [0, 0.05) is 5.69 Å². The summed E-state index contributed by atoms with van der Waals surface area (Å²) in [4.78, 5) is 21.4. The van der Waals surface area contributed by atoms with Crippen LogP contribution in [0.4, 0.5) is 11.4 Å². The van der Waals surface area contributed by atoms with E-state index in [0.717, 1.165) is 5.69 Å². The van der Waals surface area contributed by atoms with Crippen molar-refractivity contribution >= 4 is 22.9 Å². The fourth-order valence-electron chi connectivity index (χ4n) is 1.09. The Hall–Kier alpha value is -2.04. The quantitative estimate of drug-likeness (QED) is 0.767. The van der Waals surface area contributed by atoms with Crippen molar-refractivity contribution in [1.82, 2.24) is 0 Å². The maximum absolute atomic E-state index is 10.8. The van der Waals surface area contributed by atoms with Crippen LogP contribution >= 0.6 is 0 Å². The van der Waals surface area contributed by atoms with E-state index >= 15 is 0 Å². The summed E-state index contributed by atoms with van der Waals surface area (Å²) in [5.41, 5.74) is 1.53. The summed E-state index contributed by atoms with van der Waals surface area (Å²) in [7, 11) is 0. The van der Waals surface area contributed by atoms with Crippen molar-refractivity contribution in [2.45, 2.75) is 13.8 Å². The minimum Gasteiger partial charge on any atom is -0.378 e. The zero-order valence-electron chi connectivity index (χ0n) is 9.93. The zero-order chi connectivity index (χ0) is 12.7. The van der Waals surface area contributed by atoms with Crippen molar-refractivity contribution in [3.8, 4) is 0 Å². The van der Waals surface area contributed by atoms with Gasteiger partial charge < -0.3 is 5.32 Å². The van der Waals surface area contributed by atoms with E-state index < -0.39 is 0 Å². The standard InChI is InChI=1S/C12H15N3O2/c1-9(16)7-13-11-3-5-12(6-4-11)15-14-8-10(2)17/h3-6,13H,7-8H2,1-2H3. The Morgan fingerprint density at radius 1 is 1.12 bits per heavy atom. The molecule has 0 spiro atoms. The average molecular weight is 233 g/mol. The Balaban J connectivity index is 2.52. The van der Waals surface area contributed by atoms with Crippen molar-refractivity contribution in [2.24, 2.45) is 10.2 Å². The predicted octanol–water partition coefficient (Wildman–Crippen LogP) is 2.36. The molecule has 5 heteroatoms. The summed E-state index contributed by atoms with van der Waals surface area (Å²) >= 11 is 0. The topological polar surface area (TPSA) is 70.9 Å². The Morgan fingerprint density at radius 3 is 2.29 bits per heavy atom. The first-order valence-corrected chi connectivity index (χ1v) is 5.28. The molecule has 0 aliphatic rings. The molecule has 0 saturated carbocycles. The Labute approximate surface area is 99.9 Å². The predicted molar refractivity (Wildman–Crippen MR) is 65.7 cm³/mol. The van der Waals surface area contributed by atoms with E-state index in [1.807, 2.05) is 12.1 Å². The fraction of sp³-hybridized carbons (Fsp3) is 0.333. The highest BCUT2D eigenvalue weighted by atomic mass is 16.1. The number of hydrogen-bond acceptors (Lipinski definition) is 5. The van der Waals surface area contributed by atoms with Gasteiger partial charge in [-0.2, -0.15) is 10.2 Å². The maximum Gasteiger partial charge on any atom is 0.153 e. The van der Waals surface area contributed by atoms with E-state index in [4.69, 9.17) is 0 Å². The van der Waals surface area contributed by atoms with Crippen LogP contribution in [0.2, 0.25) is 0 Å². The second kappa shape index (κ2) is 6.52. The molecular weight excluding hydrogens is 218 g/mol. The van der Waals surface area contributed by atoms with Crippen LogP contribution in [0.5, 0.6) is 0 Å². The molecule has 1 N–H and O–H groups in total. The number of benzene rings is 1. The fourth-order valence-corrected chi connectivity index (χ4v) is 1.09. The second-order valence-corrected chi connectivity index (χ2v) is 3.70. The lowest BCUT2D eigenvalue weighted by Crippen LogP contribution is -2.09. The van der Waals surface area contributed by atoms with Crippen LogP contribution in [0, 0.1) is 0 Å². The van der Waals surface area contributed by atoms with Gasteiger partial charge in [-0.3, -0.25) is 9.59 Å². The molecule has 5 nitrogen and oxygen atoms in total. The Morgan fingerprint density at radius 2 is 1.76 bits per heavy atom. The molecule has 0 aliphatic heterocycles. The Kier molecular flexibility index (Phi) is 5.00. The monoisotopic (exact) mass is 233 g/mol. The number of Topliss-reactive ketones (excluding diaryl/α,β-unsaturated/α-hetero) is 2. The highest BCUT2D eigenvalue weighted by molar-refractivity contribution is 5.80. The number of carbonyl (C=O) groups excluding carboxylic acids is 2. The van der Waals surface area contributed by atoms with Crippen LogP contribution in [-0.2, 0) is 9.59 Å². The van der Waals surface area contributed by atoms with Crippen molar-refractivity contribution in [3.05, 3.63) is 24.3 Å². The molecule has 0 bridgehead atoms. The Bertz CT molecular complexity index is 424. The number of ketones is 2. The molecule has 0 aliphatic carbocycles. The smallest absolute Gasteiger partial charge is 0.153 e. The lowest BCUT2D eigenvalue weighted by molar-refractivity contribution is -0.116. The van der Waals surface area contributed by atoms with Gasteiger partial charge in [0.2, 0.25) is 0 Å². The largest absolute Gasteiger partial charge is 0.378 e. The third kappa shape index (κ3) is 5.55. The van der Waals surface area contributed by atoms with E-state index in [0.29, 0.717) is 12.2 Å². The van der Waals surface area contributed by atoms with Gasteiger partial charge >= 0.3 is 0 Å². The molecule has 1 rings (SSSR count). The van der Waals surface area contributed by atoms with Crippen molar-refractivity contribution in [2.75, 3.05) is 18.4 Å². The summed E-state index contributed by atoms with van der Waals surface area (Å²) in [6.45, 7) is 3.40. The van der Waals surface area contributed by atoms with Crippen molar-refractivity contribution < 1.29 is 9.59 Å². The SMILES string of the molecule is CC(=O)CN=Nc1ccc(NCC(C)=O)cc1. The second-order valence-electron chi connectivity index (χ2n) is 3.70. The highest BCUT2D eigenvalue weighted by Gasteiger charge is 1.95. The van der Waals surface area contributed by atoms with E-state index in [-0.39, 0.29) is 18.1 Å². The summed E-state index contributed by atoms with van der Waals surface area (Å²) in [5, 5.41) is 10.6. The van der Waals surface area contributed by atoms with E-state index in [1.165, 1.54) is 13.8 Å². The van der Waals surface area contributed by atoms with E-state index in [9.17, 15) is 9.59 Å². The third-order valence-electron chi connectivity index (χ3n) is 1.89. The van der Waals surface area contributed by atoms with Crippen LogP contribution < -0.4 is 5.32 Å². The van der Waals surface area contributed by atoms with Gasteiger partial charge in [0.1, 0.15) is 12.3 Å². The van der Waals surface area contributed by atoms with E-state index in [2.05, 4.69) is 15.5 Å². The van der Waals surface area contributed by atoms with Crippen molar-refractivity contribution in [1.29, 1.82) is 0 Å². The van der Waals surface area contributed by atoms with Gasteiger partial charge in [-0.25, -0.2) is 0 Å². The van der Waals surface area contributed by atoms with Crippen LogP contribution in [0.25, 0.3) is 0 Å². The average Bonchev–Trinajstić information content (AvgIpc) is 2.27. The molecule has 0 amide bonds. The zero-order valence-corrected chi connectivity index (χ0v) is 9.93. The number of nitrogens with zero attached hydrogens (tertiary/aromatic N) is 2. The molecular formula is C12H15N3O2. The van der Waals surface area contributed by atoms with Crippen LogP contribution in [0.15, 0.2) is 34.5 Å². The van der Waals surface area contributed by atoms with Gasteiger partial charge in [-0.05, 0) is 38.1 Å². The molecule has 0 fully saturated rings. The molecule has 1 aromatic carbocycles. The molecule has 0 aromatic heterocycles. The lowest BCUT2D eigenvalue weighted by Gasteiger charge is -2.03. The normalized spacial score (nSPS) is 10.5. The minimum atomic E-state index is -0.0199. The number of anilines is 1. The lowest BCUT2D eigenvalue weighted by atomic mass is 10.3. The van der Waals surface area contributed by atoms with Gasteiger partial charge in [-0.1, -0.05) is 0 Å². The molecule has 0 unspecified atom stereocenters.